The predicted molar refractivity (Wildman–Crippen MR) is 111 cm³/mol. The third-order valence-electron chi connectivity index (χ3n) is 4.94. The average molecular weight is 443 g/mol. The van der Waals surface area contributed by atoms with Crippen molar-refractivity contribution < 1.29 is 4.79 Å². The highest BCUT2D eigenvalue weighted by atomic mass is 79.9. The molecule has 0 saturated heterocycles. The largest absolute Gasteiger partial charge is 0.326 e. The maximum atomic E-state index is 12.9. The Balaban J connectivity index is 1.72. The highest BCUT2D eigenvalue weighted by Crippen LogP contribution is 2.17. The lowest BCUT2D eigenvalue weighted by Gasteiger charge is -2.16. The highest BCUT2D eigenvalue weighted by Gasteiger charge is 2.15. The van der Waals surface area contributed by atoms with E-state index in [4.69, 9.17) is 0 Å². The van der Waals surface area contributed by atoms with E-state index >= 15 is 0 Å². The molecule has 1 aliphatic rings. The van der Waals surface area contributed by atoms with Crippen molar-refractivity contribution in [3.8, 4) is 0 Å². The quantitative estimate of drug-likeness (QED) is 0.636. The number of pyridine rings is 1. The summed E-state index contributed by atoms with van der Waals surface area (Å²) in [7, 11) is 0. The summed E-state index contributed by atoms with van der Waals surface area (Å²) in [6, 6.07) is 6.36. The van der Waals surface area contributed by atoms with Crippen LogP contribution < -0.4 is 16.4 Å². The SMILES string of the molecule is O=C(Nc1cc(Br)c[nH]c1=O)c1ccc2c(=O)n3c(nc2c1)CCCCCC3. The molecule has 4 rings (SSSR count). The summed E-state index contributed by atoms with van der Waals surface area (Å²) in [6.07, 6.45) is 6.50. The van der Waals surface area contributed by atoms with Gasteiger partial charge in [0.25, 0.3) is 17.0 Å². The van der Waals surface area contributed by atoms with Crippen molar-refractivity contribution in [2.75, 3.05) is 5.32 Å². The molecule has 0 bridgehead atoms. The number of carbonyl (C=O) groups is 1. The van der Waals surface area contributed by atoms with Crippen LogP contribution in [-0.4, -0.2) is 20.4 Å². The van der Waals surface area contributed by atoms with Crippen molar-refractivity contribution in [1.29, 1.82) is 0 Å². The Bertz CT molecular complexity index is 1180. The van der Waals surface area contributed by atoms with E-state index in [2.05, 4.69) is 31.2 Å². The van der Waals surface area contributed by atoms with Gasteiger partial charge in [0.15, 0.2) is 0 Å². The van der Waals surface area contributed by atoms with Gasteiger partial charge >= 0.3 is 0 Å². The number of carbonyl (C=O) groups excluding carboxylic acids is 1. The van der Waals surface area contributed by atoms with Crippen LogP contribution in [0.15, 0.2) is 44.5 Å². The fourth-order valence-corrected chi connectivity index (χ4v) is 3.82. The number of fused-ring (bicyclic) bond motifs is 2. The van der Waals surface area contributed by atoms with Crippen molar-refractivity contribution in [3.05, 3.63) is 67.0 Å². The predicted octanol–water partition coefficient (Wildman–Crippen LogP) is 3.22. The van der Waals surface area contributed by atoms with E-state index in [1.807, 2.05) is 0 Å². The highest BCUT2D eigenvalue weighted by molar-refractivity contribution is 9.10. The molecule has 0 saturated carbocycles. The molecule has 7 nitrogen and oxygen atoms in total. The topological polar surface area (TPSA) is 96.9 Å². The summed E-state index contributed by atoms with van der Waals surface area (Å²) in [5.74, 6) is 0.345. The Kier molecular flexibility index (Phi) is 5.13. The van der Waals surface area contributed by atoms with Gasteiger partial charge in [0.2, 0.25) is 0 Å². The van der Waals surface area contributed by atoms with Gasteiger partial charge in [-0.05, 0) is 53.0 Å². The number of aromatic amines is 1. The number of halogens is 1. The van der Waals surface area contributed by atoms with E-state index in [-0.39, 0.29) is 11.2 Å². The number of rotatable bonds is 2. The summed E-state index contributed by atoms with van der Waals surface area (Å²) >= 11 is 3.26. The van der Waals surface area contributed by atoms with Crippen LogP contribution in [-0.2, 0) is 13.0 Å². The second-order valence-electron chi connectivity index (χ2n) is 6.90. The minimum Gasteiger partial charge on any atom is -0.326 e. The lowest BCUT2D eigenvalue weighted by molar-refractivity contribution is 0.102. The summed E-state index contributed by atoms with van der Waals surface area (Å²) in [6.45, 7) is 0.686. The average Bonchev–Trinajstić information content (AvgIpc) is 2.66. The van der Waals surface area contributed by atoms with Crippen molar-refractivity contribution in [2.45, 2.75) is 38.6 Å². The fraction of sp³-hybridized carbons (Fsp3) is 0.300. The maximum Gasteiger partial charge on any atom is 0.271 e. The van der Waals surface area contributed by atoms with Gasteiger partial charge in [-0.15, -0.1) is 0 Å². The number of nitrogens with zero attached hydrogens (tertiary/aromatic N) is 2. The summed E-state index contributed by atoms with van der Waals surface area (Å²) in [5, 5.41) is 3.10. The zero-order chi connectivity index (χ0) is 19.7. The molecular formula is C20H19BrN4O3. The van der Waals surface area contributed by atoms with Crippen LogP contribution in [0.2, 0.25) is 0 Å². The molecule has 1 amide bonds. The minimum atomic E-state index is -0.431. The number of anilines is 1. The van der Waals surface area contributed by atoms with Crippen LogP contribution in [0, 0.1) is 0 Å². The van der Waals surface area contributed by atoms with Crippen LogP contribution in [0.5, 0.6) is 0 Å². The summed E-state index contributed by atoms with van der Waals surface area (Å²) in [4.78, 5) is 44.5. The molecule has 144 valence electrons. The van der Waals surface area contributed by atoms with E-state index in [1.54, 1.807) is 22.8 Å². The molecule has 3 heterocycles. The summed E-state index contributed by atoms with van der Waals surface area (Å²) < 4.78 is 2.41. The van der Waals surface area contributed by atoms with E-state index in [9.17, 15) is 14.4 Å². The molecule has 0 radical (unpaired) electrons. The zero-order valence-electron chi connectivity index (χ0n) is 15.1. The smallest absolute Gasteiger partial charge is 0.271 e. The van der Waals surface area contributed by atoms with Crippen LogP contribution in [0.25, 0.3) is 10.9 Å². The number of nitrogens with one attached hydrogen (secondary N) is 2. The van der Waals surface area contributed by atoms with E-state index in [1.165, 1.54) is 12.3 Å². The molecular weight excluding hydrogens is 424 g/mol. The molecule has 1 aromatic carbocycles. The third kappa shape index (κ3) is 3.64. The molecule has 2 aromatic heterocycles. The van der Waals surface area contributed by atoms with Crippen molar-refractivity contribution in [1.82, 2.24) is 14.5 Å². The van der Waals surface area contributed by atoms with Gasteiger partial charge in [-0.25, -0.2) is 4.98 Å². The summed E-state index contributed by atoms with van der Waals surface area (Å²) in [5.41, 5.74) is 0.542. The number of hydrogen-bond donors (Lipinski definition) is 2. The number of aryl methyl sites for hydroxylation is 1. The lowest BCUT2D eigenvalue weighted by atomic mass is 10.1. The first kappa shape index (κ1) is 18.6. The molecule has 2 N–H and O–H groups in total. The molecule has 1 aliphatic heterocycles. The Morgan fingerprint density at radius 2 is 1.96 bits per heavy atom. The minimum absolute atomic E-state index is 0.0581. The molecule has 0 unspecified atom stereocenters. The molecule has 0 atom stereocenters. The Labute approximate surface area is 168 Å². The van der Waals surface area contributed by atoms with Crippen molar-refractivity contribution in [2.24, 2.45) is 0 Å². The monoisotopic (exact) mass is 442 g/mol. The standard InChI is InChI=1S/C20H19BrN4O3/c21-13-10-16(19(27)22-11-13)24-18(26)12-6-7-14-15(9-12)23-17-5-3-1-2-4-8-25(17)20(14)28/h6-7,9-11H,1-5,8H2,(H,22,27)(H,24,26). The number of H-pyrrole nitrogens is 1. The Hall–Kier alpha value is -2.74. The van der Waals surface area contributed by atoms with Crippen LogP contribution in [0.3, 0.4) is 0 Å². The second-order valence-corrected chi connectivity index (χ2v) is 7.81. The van der Waals surface area contributed by atoms with Crippen LogP contribution >= 0.6 is 15.9 Å². The zero-order valence-corrected chi connectivity index (χ0v) is 16.7. The van der Waals surface area contributed by atoms with Crippen molar-refractivity contribution >= 4 is 38.4 Å². The first-order valence-corrected chi connectivity index (χ1v) is 10.1. The van der Waals surface area contributed by atoms with Gasteiger partial charge in [0.05, 0.1) is 10.9 Å². The molecule has 8 heteroatoms. The Morgan fingerprint density at radius 1 is 1.14 bits per heavy atom. The van der Waals surface area contributed by atoms with Gasteiger partial charge < -0.3 is 10.3 Å². The fourth-order valence-electron chi connectivity index (χ4n) is 3.48. The first-order valence-electron chi connectivity index (χ1n) is 9.26. The number of aromatic nitrogens is 3. The second kappa shape index (κ2) is 7.71. The normalized spacial score (nSPS) is 14.2. The molecule has 0 aliphatic carbocycles. The number of hydrogen-bond acceptors (Lipinski definition) is 4. The van der Waals surface area contributed by atoms with Gasteiger partial charge in [0.1, 0.15) is 11.5 Å². The Morgan fingerprint density at radius 3 is 2.82 bits per heavy atom. The molecule has 28 heavy (non-hydrogen) atoms. The van der Waals surface area contributed by atoms with Crippen molar-refractivity contribution in [3.63, 3.8) is 0 Å². The van der Waals surface area contributed by atoms with E-state index < -0.39 is 11.5 Å². The number of benzene rings is 1. The third-order valence-corrected chi connectivity index (χ3v) is 5.40. The maximum absolute atomic E-state index is 12.9. The van der Waals surface area contributed by atoms with Gasteiger partial charge in [0, 0.05) is 29.2 Å². The van der Waals surface area contributed by atoms with Gasteiger partial charge in [-0.1, -0.05) is 12.8 Å². The van der Waals surface area contributed by atoms with E-state index in [0.29, 0.717) is 27.5 Å². The van der Waals surface area contributed by atoms with Gasteiger partial charge in [-0.3, -0.25) is 19.0 Å². The van der Waals surface area contributed by atoms with Crippen LogP contribution in [0.1, 0.15) is 41.9 Å². The van der Waals surface area contributed by atoms with Crippen LogP contribution in [0.4, 0.5) is 5.69 Å². The number of amides is 1. The van der Waals surface area contributed by atoms with E-state index in [0.717, 1.165) is 37.9 Å². The first-order chi connectivity index (χ1) is 13.5. The lowest BCUT2D eigenvalue weighted by Crippen LogP contribution is -2.27. The van der Waals surface area contributed by atoms with Gasteiger partial charge in [-0.2, -0.15) is 0 Å². The molecule has 3 aromatic rings. The molecule has 0 spiro atoms. The molecule has 0 fully saturated rings.